The molecule has 0 spiro atoms. The molecular formula is C26H23IN2O4. The van der Waals surface area contributed by atoms with E-state index in [0.29, 0.717) is 36.9 Å². The van der Waals surface area contributed by atoms with Gasteiger partial charge < -0.3 is 14.8 Å². The maximum Gasteiger partial charge on any atom is 0.271 e. The Morgan fingerprint density at radius 1 is 0.970 bits per heavy atom. The number of fused-ring (bicyclic) bond motifs is 1. The van der Waals surface area contributed by atoms with Crippen LogP contribution in [0.1, 0.15) is 18.1 Å². The molecule has 0 heterocycles. The highest BCUT2D eigenvalue weighted by molar-refractivity contribution is 14.1. The van der Waals surface area contributed by atoms with Gasteiger partial charge in [0.2, 0.25) is 0 Å². The minimum Gasteiger partial charge on any atom is -0.490 e. The molecule has 7 heteroatoms. The standard InChI is InChI=1S/C26H23IN2O4/c1-2-32-25-14-18(16-28-21-10-6-11-22(15-21)29(30)31)13-24(27)26(25)33-17-20-9-5-8-19-7-3-4-12-23(19)20/h3-15,28H,2,16-17H2,1H3. The molecule has 0 aromatic heterocycles. The van der Waals surface area contributed by atoms with Crippen LogP contribution in [0.15, 0.2) is 78.9 Å². The van der Waals surface area contributed by atoms with Gasteiger partial charge in [-0.2, -0.15) is 0 Å². The number of halogens is 1. The summed E-state index contributed by atoms with van der Waals surface area (Å²) in [7, 11) is 0. The van der Waals surface area contributed by atoms with Crippen LogP contribution in [-0.2, 0) is 13.2 Å². The van der Waals surface area contributed by atoms with Crippen molar-refractivity contribution in [1.29, 1.82) is 0 Å². The Morgan fingerprint density at radius 2 is 1.76 bits per heavy atom. The van der Waals surface area contributed by atoms with Crippen molar-refractivity contribution in [3.05, 3.63) is 104 Å². The second kappa shape index (κ2) is 10.5. The van der Waals surface area contributed by atoms with E-state index in [1.165, 1.54) is 22.9 Å². The summed E-state index contributed by atoms with van der Waals surface area (Å²) in [5.41, 5.74) is 2.85. The molecule has 168 valence electrons. The first-order valence-corrected chi connectivity index (χ1v) is 11.7. The van der Waals surface area contributed by atoms with Crippen molar-refractivity contribution in [2.45, 2.75) is 20.1 Å². The SMILES string of the molecule is CCOc1cc(CNc2cccc([N+](=O)[O-])c2)cc(I)c1OCc1cccc2ccccc12. The number of nitrogens with one attached hydrogen (secondary N) is 1. The lowest BCUT2D eigenvalue weighted by Crippen LogP contribution is -2.05. The summed E-state index contributed by atoms with van der Waals surface area (Å²) in [6.07, 6.45) is 0. The summed E-state index contributed by atoms with van der Waals surface area (Å²) in [4.78, 5) is 10.6. The zero-order valence-corrected chi connectivity index (χ0v) is 20.2. The van der Waals surface area contributed by atoms with Gasteiger partial charge >= 0.3 is 0 Å². The fraction of sp³-hybridized carbons (Fsp3) is 0.154. The number of nitro groups is 1. The second-order valence-electron chi connectivity index (χ2n) is 7.43. The topological polar surface area (TPSA) is 73.6 Å². The fourth-order valence-corrected chi connectivity index (χ4v) is 4.45. The van der Waals surface area contributed by atoms with E-state index in [-0.39, 0.29) is 5.69 Å². The highest BCUT2D eigenvalue weighted by Crippen LogP contribution is 2.35. The van der Waals surface area contributed by atoms with Crippen molar-refractivity contribution < 1.29 is 14.4 Å². The molecule has 0 saturated heterocycles. The van der Waals surface area contributed by atoms with E-state index in [2.05, 4.69) is 52.2 Å². The van der Waals surface area contributed by atoms with E-state index in [1.54, 1.807) is 6.07 Å². The molecule has 1 N–H and O–H groups in total. The first kappa shape index (κ1) is 22.8. The van der Waals surface area contributed by atoms with E-state index >= 15 is 0 Å². The van der Waals surface area contributed by atoms with Gasteiger partial charge in [-0.05, 0) is 69.6 Å². The smallest absolute Gasteiger partial charge is 0.271 e. The van der Waals surface area contributed by atoms with Gasteiger partial charge in [0.1, 0.15) is 6.61 Å². The summed E-state index contributed by atoms with van der Waals surface area (Å²) in [6, 6.07) is 24.9. The van der Waals surface area contributed by atoms with Crippen molar-refractivity contribution in [3.63, 3.8) is 0 Å². The number of rotatable bonds is 9. The zero-order valence-electron chi connectivity index (χ0n) is 18.1. The first-order valence-electron chi connectivity index (χ1n) is 10.6. The molecule has 4 aromatic carbocycles. The average molecular weight is 554 g/mol. The Hall–Kier alpha value is -3.33. The number of benzene rings is 4. The van der Waals surface area contributed by atoms with E-state index < -0.39 is 4.92 Å². The largest absolute Gasteiger partial charge is 0.490 e. The third-order valence-corrected chi connectivity index (χ3v) is 5.98. The predicted octanol–water partition coefficient (Wildman–Crippen LogP) is 6.94. The van der Waals surface area contributed by atoms with Gasteiger partial charge in [0.15, 0.2) is 11.5 Å². The van der Waals surface area contributed by atoms with Gasteiger partial charge in [-0.1, -0.05) is 48.5 Å². The van der Waals surface area contributed by atoms with Gasteiger partial charge in [0, 0.05) is 24.4 Å². The van der Waals surface area contributed by atoms with Crippen molar-refractivity contribution in [2.24, 2.45) is 0 Å². The quantitative estimate of drug-likeness (QED) is 0.138. The van der Waals surface area contributed by atoms with Crippen LogP contribution in [0, 0.1) is 13.7 Å². The van der Waals surface area contributed by atoms with Crippen LogP contribution in [0.4, 0.5) is 11.4 Å². The molecule has 4 aromatic rings. The van der Waals surface area contributed by atoms with Gasteiger partial charge in [-0.15, -0.1) is 0 Å². The second-order valence-corrected chi connectivity index (χ2v) is 8.59. The minimum atomic E-state index is -0.399. The Morgan fingerprint density at radius 3 is 2.58 bits per heavy atom. The Labute approximate surface area is 205 Å². The number of hydrogen-bond acceptors (Lipinski definition) is 5. The number of anilines is 1. The number of ether oxygens (including phenoxy) is 2. The van der Waals surface area contributed by atoms with E-state index in [1.807, 2.05) is 43.3 Å². The van der Waals surface area contributed by atoms with Crippen molar-refractivity contribution in [1.82, 2.24) is 0 Å². The summed E-state index contributed by atoms with van der Waals surface area (Å²) >= 11 is 2.26. The van der Waals surface area contributed by atoms with E-state index in [4.69, 9.17) is 9.47 Å². The molecule has 0 aliphatic heterocycles. The monoisotopic (exact) mass is 554 g/mol. The minimum absolute atomic E-state index is 0.0572. The van der Waals surface area contributed by atoms with E-state index in [0.717, 1.165) is 14.7 Å². The van der Waals surface area contributed by atoms with Crippen molar-refractivity contribution >= 4 is 44.7 Å². The molecular weight excluding hydrogens is 531 g/mol. The zero-order chi connectivity index (χ0) is 23.2. The van der Waals surface area contributed by atoms with Crippen LogP contribution in [-0.4, -0.2) is 11.5 Å². The summed E-state index contributed by atoms with van der Waals surface area (Å²) < 4.78 is 13.1. The maximum absolute atomic E-state index is 11.0. The van der Waals surface area contributed by atoms with E-state index in [9.17, 15) is 10.1 Å². The third kappa shape index (κ3) is 5.54. The lowest BCUT2D eigenvalue weighted by Gasteiger charge is -2.17. The Kier molecular flexibility index (Phi) is 7.29. The predicted molar refractivity (Wildman–Crippen MR) is 139 cm³/mol. The van der Waals surface area contributed by atoms with Crippen LogP contribution in [0.3, 0.4) is 0 Å². The van der Waals surface area contributed by atoms with Gasteiger partial charge in [-0.3, -0.25) is 10.1 Å². The summed E-state index contributed by atoms with van der Waals surface area (Å²) in [6.45, 7) is 3.39. The number of nitro benzene ring substituents is 1. The molecule has 0 amide bonds. The number of nitrogens with zero attached hydrogens (tertiary/aromatic N) is 1. The van der Waals surface area contributed by atoms with Crippen molar-refractivity contribution in [3.8, 4) is 11.5 Å². The van der Waals surface area contributed by atoms with Gasteiger partial charge in [-0.25, -0.2) is 0 Å². The molecule has 0 aliphatic carbocycles. The van der Waals surface area contributed by atoms with Crippen LogP contribution < -0.4 is 14.8 Å². The van der Waals surface area contributed by atoms with Crippen molar-refractivity contribution in [2.75, 3.05) is 11.9 Å². The molecule has 0 unspecified atom stereocenters. The maximum atomic E-state index is 11.0. The third-order valence-electron chi connectivity index (χ3n) is 5.17. The molecule has 4 rings (SSSR count). The first-order chi connectivity index (χ1) is 16.0. The lowest BCUT2D eigenvalue weighted by molar-refractivity contribution is -0.384. The summed E-state index contributed by atoms with van der Waals surface area (Å²) in [5, 5.41) is 16.6. The van der Waals surface area contributed by atoms with Gasteiger partial charge in [0.05, 0.1) is 15.1 Å². The molecule has 0 bridgehead atoms. The molecule has 6 nitrogen and oxygen atoms in total. The number of non-ortho nitro benzene ring substituents is 1. The molecule has 0 atom stereocenters. The van der Waals surface area contributed by atoms with Crippen LogP contribution in [0.2, 0.25) is 0 Å². The molecule has 33 heavy (non-hydrogen) atoms. The molecule has 0 saturated carbocycles. The summed E-state index contributed by atoms with van der Waals surface area (Å²) in [5.74, 6) is 1.39. The lowest BCUT2D eigenvalue weighted by atomic mass is 10.1. The molecule has 0 fully saturated rings. The highest BCUT2D eigenvalue weighted by atomic mass is 127. The van der Waals surface area contributed by atoms with Gasteiger partial charge in [0.25, 0.3) is 5.69 Å². The highest BCUT2D eigenvalue weighted by Gasteiger charge is 2.14. The normalized spacial score (nSPS) is 10.7. The Bertz CT molecular complexity index is 1290. The number of hydrogen-bond donors (Lipinski definition) is 1. The molecule has 0 radical (unpaired) electrons. The fourth-order valence-electron chi connectivity index (χ4n) is 3.63. The van der Waals surface area contributed by atoms with Crippen LogP contribution in [0.25, 0.3) is 10.8 Å². The Balaban J connectivity index is 1.53. The average Bonchev–Trinajstić information content (AvgIpc) is 2.82. The van der Waals surface area contributed by atoms with Crippen LogP contribution >= 0.6 is 22.6 Å². The van der Waals surface area contributed by atoms with Crippen LogP contribution in [0.5, 0.6) is 11.5 Å². The molecule has 0 aliphatic rings.